The average Bonchev–Trinajstić information content (AvgIpc) is 2.89. The summed E-state index contributed by atoms with van der Waals surface area (Å²) in [6.45, 7) is 0. The lowest BCUT2D eigenvalue weighted by atomic mass is 9.94. The summed E-state index contributed by atoms with van der Waals surface area (Å²) >= 11 is 0. The minimum atomic E-state index is 0.283. The standard InChI is InChI=1S/C14H14O/c15-14(12-4-2-1-3-5-12)13-10-6-7-11(13)9-8-10/h1-5,10H,6-9H2. The molecular weight excluding hydrogens is 184 g/mol. The summed E-state index contributed by atoms with van der Waals surface area (Å²) in [5.41, 5.74) is 3.45. The Bertz CT molecular complexity index is 418. The molecule has 0 saturated carbocycles. The zero-order chi connectivity index (χ0) is 10.3. The lowest BCUT2D eigenvalue weighted by molar-refractivity contribution is 0.102. The van der Waals surface area contributed by atoms with Crippen LogP contribution in [0.25, 0.3) is 0 Å². The molecular formula is C14H14O. The van der Waals surface area contributed by atoms with Crippen LogP contribution in [0, 0.1) is 5.92 Å². The van der Waals surface area contributed by atoms with Crippen molar-refractivity contribution >= 4 is 5.78 Å². The van der Waals surface area contributed by atoms with E-state index < -0.39 is 0 Å². The third kappa shape index (κ3) is 1.34. The van der Waals surface area contributed by atoms with Crippen LogP contribution >= 0.6 is 0 Å². The Morgan fingerprint density at radius 3 is 2.27 bits per heavy atom. The number of hydrogen-bond acceptors (Lipinski definition) is 1. The normalized spacial score (nSPS) is 20.0. The molecule has 1 aromatic rings. The largest absolute Gasteiger partial charge is 0.289 e. The van der Waals surface area contributed by atoms with Gasteiger partial charge in [-0.25, -0.2) is 0 Å². The van der Waals surface area contributed by atoms with Gasteiger partial charge in [-0.2, -0.15) is 0 Å². The van der Waals surface area contributed by atoms with Crippen LogP contribution in [0.4, 0.5) is 0 Å². The maximum atomic E-state index is 12.2. The Kier molecular flexibility index (Phi) is 1.98. The number of carbonyl (C=O) groups is 1. The number of benzene rings is 1. The molecule has 0 aromatic heterocycles. The van der Waals surface area contributed by atoms with E-state index in [0.29, 0.717) is 5.92 Å². The second-order valence-electron chi connectivity index (χ2n) is 4.49. The van der Waals surface area contributed by atoms with Gasteiger partial charge >= 0.3 is 0 Å². The molecule has 15 heavy (non-hydrogen) atoms. The van der Waals surface area contributed by atoms with Crippen molar-refractivity contribution in [2.24, 2.45) is 5.92 Å². The zero-order valence-corrected chi connectivity index (χ0v) is 8.70. The molecule has 0 spiro atoms. The minimum absolute atomic E-state index is 0.283. The van der Waals surface area contributed by atoms with Crippen molar-refractivity contribution in [1.29, 1.82) is 0 Å². The van der Waals surface area contributed by atoms with E-state index in [2.05, 4.69) is 0 Å². The van der Waals surface area contributed by atoms with E-state index in [4.69, 9.17) is 0 Å². The fourth-order valence-corrected chi connectivity index (χ4v) is 2.90. The molecule has 0 aliphatic heterocycles. The van der Waals surface area contributed by atoms with E-state index in [-0.39, 0.29) is 5.78 Å². The first-order valence-corrected chi connectivity index (χ1v) is 5.68. The fraction of sp³-hybridized carbons (Fsp3) is 0.357. The number of allylic oxidation sites excluding steroid dienone is 2. The molecule has 2 aliphatic rings. The van der Waals surface area contributed by atoms with Gasteiger partial charge in [0, 0.05) is 11.1 Å². The second-order valence-corrected chi connectivity index (χ2v) is 4.49. The smallest absolute Gasteiger partial charge is 0.189 e. The molecule has 1 aromatic carbocycles. The van der Waals surface area contributed by atoms with E-state index in [1.165, 1.54) is 31.3 Å². The molecule has 3 rings (SSSR count). The van der Waals surface area contributed by atoms with Crippen molar-refractivity contribution < 1.29 is 4.79 Å². The quantitative estimate of drug-likeness (QED) is 0.666. The van der Waals surface area contributed by atoms with Gasteiger partial charge < -0.3 is 0 Å². The highest BCUT2D eigenvalue weighted by Crippen LogP contribution is 2.45. The van der Waals surface area contributed by atoms with Crippen molar-refractivity contribution in [3.8, 4) is 0 Å². The van der Waals surface area contributed by atoms with Crippen LogP contribution in [-0.4, -0.2) is 5.78 Å². The maximum Gasteiger partial charge on any atom is 0.189 e. The number of rotatable bonds is 2. The van der Waals surface area contributed by atoms with Crippen LogP contribution in [0.2, 0.25) is 0 Å². The minimum Gasteiger partial charge on any atom is -0.289 e. The Morgan fingerprint density at radius 2 is 1.73 bits per heavy atom. The summed E-state index contributed by atoms with van der Waals surface area (Å²) < 4.78 is 0. The molecule has 0 amide bonds. The molecule has 0 radical (unpaired) electrons. The van der Waals surface area contributed by atoms with Crippen LogP contribution in [0.15, 0.2) is 41.5 Å². The summed E-state index contributed by atoms with van der Waals surface area (Å²) in [4.78, 5) is 12.2. The van der Waals surface area contributed by atoms with Crippen molar-refractivity contribution in [3.05, 3.63) is 47.0 Å². The van der Waals surface area contributed by atoms with Gasteiger partial charge in [-0.1, -0.05) is 35.9 Å². The Morgan fingerprint density at radius 1 is 1.07 bits per heavy atom. The van der Waals surface area contributed by atoms with Crippen molar-refractivity contribution in [2.45, 2.75) is 25.7 Å². The Hall–Kier alpha value is -1.37. The molecule has 1 nitrogen and oxygen atoms in total. The highest BCUT2D eigenvalue weighted by molar-refractivity contribution is 6.10. The summed E-state index contributed by atoms with van der Waals surface area (Å²) in [5.74, 6) is 0.860. The predicted molar refractivity (Wildman–Crippen MR) is 59.8 cm³/mol. The van der Waals surface area contributed by atoms with Crippen molar-refractivity contribution in [1.82, 2.24) is 0 Å². The number of hydrogen-bond donors (Lipinski definition) is 0. The third-order valence-electron chi connectivity index (χ3n) is 3.66. The highest BCUT2D eigenvalue weighted by atomic mass is 16.1. The van der Waals surface area contributed by atoms with Crippen LogP contribution in [-0.2, 0) is 0 Å². The molecule has 0 atom stereocenters. The molecule has 0 fully saturated rings. The summed E-state index contributed by atoms with van der Waals surface area (Å²) in [6, 6.07) is 9.68. The first kappa shape index (κ1) is 8.90. The zero-order valence-electron chi connectivity index (χ0n) is 8.70. The SMILES string of the molecule is O=C(C1=C2CCC1CC2)c1ccccc1. The third-order valence-corrected chi connectivity index (χ3v) is 3.66. The molecule has 2 bridgehead atoms. The van der Waals surface area contributed by atoms with Gasteiger partial charge in [0.25, 0.3) is 0 Å². The molecule has 1 heteroatoms. The first-order valence-electron chi connectivity index (χ1n) is 5.68. The van der Waals surface area contributed by atoms with Crippen molar-refractivity contribution in [3.63, 3.8) is 0 Å². The Balaban J connectivity index is 1.97. The van der Waals surface area contributed by atoms with Gasteiger partial charge in [0.15, 0.2) is 5.78 Å². The van der Waals surface area contributed by atoms with Crippen LogP contribution in [0.1, 0.15) is 36.0 Å². The van der Waals surface area contributed by atoms with Gasteiger partial charge in [0.2, 0.25) is 0 Å². The number of carbonyl (C=O) groups excluding carboxylic acids is 1. The maximum absolute atomic E-state index is 12.2. The predicted octanol–water partition coefficient (Wildman–Crippen LogP) is 3.37. The number of Topliss-reactive ketones (excluding diaryl/α,β-unsaturated/α-hetero) is 1. The van der Waals surface area contributed by atoms with Crippen LogP contribution in [0.3, 0.4) is 0 Å². The molecule has 0 unspecified atom stereocenters. The van der Waals surface area contributed by atoms with E-state index in [0.717, 1.165) is 11.1 Å². The van der Waals surface area contributed by atoms with Crippen LogP contribution < -0.4 is 0 Å². The van der Waals surface area contributed by atoms with E-state index in [1.54, 1.807) is 0 Å². The first-order chi connectivity index (χ1) is 7.36. The van der Waals surface area contributed by atoms with Crippen molar-refractivity contribution in [2.75, 3.05) is 0 Å². The Labute approximate surface area is 89.8 Å². The summed E-state index contributed by atoms with van der Waals surface area (Å²) in [5, 5.41) is 0. The number of ketones is 1. The van der Waals surface area contributed by atoms with Crippen LogP contribution in [0.5, 0.6) is 0 Å². The van der Waals surface area contributed by atoms with E-state index in [1.807, 2.05) is 30.3 Å². The average molecular weight is 198 g/mol. The van der Waals surface area contributed by atoms with Gasteiger partial charge in [-0.05, 0) is 31.6 Å². The molecule has 0 heterocycles. The summed E-state index contributed by atoms with van der Waals surface area (Å²) in [6.07, 6.45) is 4.75. The lowest BCUT2D eigenvalue weighted by Crippen LogP contribution is -2.07. The van der Waals surface area contributed by atoms with Gasteiger partial charge in [0.05, 0.1) is 0 Å². The highest BCUT2D eigenvalue weighted by Gasteiger charge is 2.35. The van der Waals surface area contributed by atoms with E-state index in [9.17, 15) is 4.79 Å². The molecule has 0 saturated heterocycles. The monoisotopic (exact) mass is 198 g/mol. The fourth-order valence-electron chi connectivity index (χ4n) is 2.90. The molecule has 0 N–H and O–H groups in total. The topological polar surface area (TPSA) is 17.1 Å². The lowest BCUT2D eigenvalue weighted by Gasteiger charge is -2.09. The number of fused-ring (bicyclic) bond motifs is 1. The van der Waals surface area contributed by atoms with Gasteiger partial charge in [0.1, 0.15) is 0 Å². The summed E-state index contributed by atoms with van der Waals surface area (Å²) in [7, 11) is 0. The molecule has 76 valence electrons. The van der Waals surface area contributed by atoms with E-state index >= 15 is 0 Å². The van der Waals surface area contributed by atoms with Gasteiger partial charge in [-0.15, -0.1) is 0 Å². The van der Waals surface area contributed by atoms with Gasteiger partial charge in [-0.3, -0.25) is 4.79 Å². The molecule has 2 aliphatic carbocycles. The second kappa shape index (κ2) is 3.34.